The molecule has 11 nitrogen and oxygen atoms in total. The van der Waals surface area contributed by atoms with Crippen molar-refractivity contribution in [3.05, 3.63) is 35.9 Å². The lowest BCUT2D eigenvalue weighted by molar-refractivity contribution is -0.303. The molecule has 1 amide bonds. The number of ether oxygens (including phenoxy) is 3. The predicted octanol–water partition coefficient (Wildman–Crippen LogP) is 12.7. The van der Waals surface area contributed by atoms with Crippen LogP contribution in [0.25, 0.3) is 0 Å². The maximum Gasteiger partial charge on any atom is 0.306 e. The van der Waals surface area contributed by atoms with Gasteiger partial charge in [0.2, 0.25) is 5.91 Å². The average molecular weight is 991 g/mol. The molecular formula is C59H107NO10. The van der Waals surface area contributed by atoms with Crippen molar-refractivity contribution in [2.24, 2.45) is 0 Å². The Morgan fingerprint density at radius 3 is 1.40 bits per heavy atom. The molecule has 1 fully saturated rings. The number of esters is 1. The average Bonchev–Trinajstić information content (AvgIpc) is 3.36. The van der Waals surface area contributed by atoms with E-state index in [1.165, 1.54) is 173 Å². The Morgan fingerprint density at radius 1 is 0.543 bits per heavy atom. The molecule has 8 atom stereocenters. The van der Waals surface area contributed by atoms with Crippen molar-refractivity contribution < 1.29 is 49.3 Å². The highest BCUT2D eigenvalue weighted by Crippen LogP contribution is 2.24. The largest absolute Gasteiger partial charge is 0.463 e. The number of aliphatic hydroxyl groups excluding tert-OH is 5. The summed E-state index contributed by atoms with van der Waals surface area (Å²) in [5.41, 5.74) is 0.977. The van der Waals surface area contributed by atoms with Gasteiger partial charge in [0.05, 0.1) is 18.8 Å². The van der Waals surface area contributed by atoms with Crippen LogP contribution < -0.4 is 5.32 Å². The molecule has 1 aliphatic heterocycles. The lowest BCUT2D eigenvalue weighted by Gasteiger charge is -2.40. The number of amides is 1. The van der Waals surface area contributed by atoms with E-state index in [1.807, 2.05) is 30.3 Å². The van der Waals surface area contributed by atoms with Gasteiger partial charge in [0, 0.05) is 12.8 Å². The SMILES string of the molecule is CCCCCCCCCCCCCCCCCCCCCCCCCC(=O)N[C@@H](CO[C@H]1O[C@H](COC(=O)CCc2ccccc2)[C@H](O)[C@H](O)[C@H]1O)[C@H](O)[C@H](O)CCCCCCCCCCCCCC. The minimum absolute atomic E-state index is 0.110. The summed E-state index contributed by atoms with van der Waals surface area (Å²) in [5.74, 6) is -0.777. The van der Waals surface area contributed by atoms with Crippen LogP contribution in [0, 0.1) is 0 Å². The zero-order valence-corrected chi connectivity index (χ0v) is 44.8. The van der Waals surface area contributed by atoms with Crippen LogP contribution in [0.1, 0.15) is 263 Å². The first-order chi connectivity index (χ1) is 34.2. The standard InChI is InChI=1S/C59H107NO10/c1-3-5-7-9-11-13-15-17-18-19-20-21-22-23-24-25-26-27-29-31-33-35-40-44-53(62)60-50(55(64)51(61)43-39-34-32-30-28-16-14-12-10-8-6-4-2)47-69-59-58(67)57(66)56(65)52(70-59)48-68-54(63)46-45-49-41-37-36-38-42-49/h36-38,41-42,50-52,55-59,61,64-67H,3-35,39-40,43-48H2,1-2H3,(H,60,62)/t50-,51+,52+,55-,56-,57-,58+,59-/m0/s1. The van der Waals surface area contributed by atoms with E-state index in [-0.39, 0.29) is 32.0 Å². The number of hydrogen-bond acceptors (Lipinski definition) is 10. The quantitative estimate of drug-likeness (QED) is 0.0272. The third-order valence-corrected chi connectivity index (χ3v) is 14.5. The van der Waals surface area contributed by atoms with E-state index >= 15 is 0 Å². The molecule has 70 heavy (non-hydrogen) atoms. The highest BCUT2D eigenvalue weighted by molar-refractivity contribution is 5.76. The van der Waals surface area contributed by atoms with Gasteiger partial charge in [-0.05, 0) is 24.8 Å². The molecule has 0 bridgehead atoms. The van der Waals surface area contributed by atoms with Crippen molar-refractivity contribution >= 4 is 11.9 Å². The molecule has 0 radical (unpaired) electrons. The first kappa shape index (κ1) is 64.0. The Balaban J connectivity index is 1.71. The summed E-state index contributed by atoms with van der Waals surface area (Å²) in [6.45, 7) is 3.81. The van der Waals surface area contributed by atoms with Crippen molar-refractivity contribution in [3.8, 4) is 0 Å². The number of aryl methyl sites for hydroxylation is 1. The van der Waals surface area contributed by atoms with Crippen molar-refractivity contribution in [2.45, 2.75) is 313 Å². The molecule has 0 aromatic heterocycles. The molecule has 1 saturated heterocycles. The summed E-state index contributed by atoms with van der Waals surface area (Å²) >= 11 is 0. The van der Waals surface area contributed by atoms with Crippen LogP contribution in [-0.4, -0.2) is 99.6 Å². The van der Waals surface area contributed by atoms with Crippen LogP contribution in [-0.2, 0) is 30.2 Å². The lowest BCUT2D eigenvalue weighted by atomic mass is 9.98. The van der Waals surface area contributed by atoms with Crippen LogP contribution >= 0.6 is 0 Å². The number of benzene rings is 1. The molecule has 0 unspecified atom stereocenters. The summed E-state index contributed by atoms with van der Waals surface area (Å²) in [6, 6.07) is 8.47. The molecule has 6 N–H and O–H groups in total. The van der Waals surface area contributed by atoms with Crippen molar-refractivity contribution in [2.75, 3.05) is 13.2 Å². The molecule has 408 valence electrons. The summed E-state index contributed by atoms with van der Waals surface area (Å²) in [7, 11) is 0. The Kier molecular flexibility index (Phi) is 40.6. The fraction of sp³-hybridized carbons (Fsp3) is 0.864. The van der Waals surface area contributed by atoms with E-state index in [9.17, 15) is 35.1 Å². The van der Waals surface area contributed by atoms with Crippen LogP contribution in [0.15, 0.2) is 30.3 Å². The molecule has 1 aromatic carbocycles. The summed E-state index contributed by atoms with van der Waals surface area (Å²) in [6.07, 6.45) is 35.3. The normalized spacial score (nSPS) is 19.5. The van der Waals surface area contributed by atoms with E-state index < -0.39 is 54.9 Å². The molecule has 1 heterocycles. The number of carbonyl (C=O) groups excluding carboxylic acids is 2. The Bertz CT molecular complexity index is 1340. The molecule has 0 aliphatic carbocycles. The van der Waals surface area contributed by atoms with Gasteiger partial charge < -0.3 is 45.1 Å². The third-order valence-electron chi connectivity index (χ3n) is 14.5. The molecule has 0 saturated carbocycles. The number of aliphatic hydroxyl groups is 5. The number of unbranched alkanes of at least 4 members (excludes halogenated alkanes) is 33. The number of hydrogen-bond donors (Lipinski definition) is 6. The molecular weight excluding hydrogens is 883 g/mol. The maximum atomic E-state index is 13.3. The minimum atomic E-state index is -1.67. The lowest BCUT2D eigenvalue weighted by Crippen LogP contribution is -2.60. The fourth-order valence-corrected chi connectivity index (χ4v) is 9.74. The molecule has 1 aromatic rings. The first-order valence-corrected chi connectivity index (χ1v) is 29.3. The summed E-state index contributed by atoms with van der Waals surface area (Å²) in [4.78, 5) is 25.8. The Morgan fingerprint density at radius 2 is 0.957 bits per heavy atom. The van der Waals surface area contributed by atoms with Gasteiger partial charge >= 0.3 is 5.97 Å². The smallest absolute Gasteiger partial charge is 0.306 e. The second-order valence-electron chi connectivity index (χ2n) is 21.0. The van der Waals surface area contributed by atoms with Crippen LogP contribution in [0.2, 0.25) is 0 Å². The van der Waals surface area contributed by atoms with Crippen molar-refractivity contribution in [3.63, 3.8) is 0 Å². The second-order valence-corrected chi connectivity index (χ2v) is 21.0. The molecule has 2 rings (SSSR count). The van der Waals surface area contributed by atoms with Crippen molar-refractivity contribution in [1.82, 2.24) is 5.32 Å². The zero-order valence-electron chi connectivity index (χ0n) is 44.8. The highest BCUT2D eigenvalue weighted by Gasteiger charge is 2.45. The fourth-order valence-electron chi connectivity index (χ4n) is 9.74. The van der Waals surface area contributed by atoms with Gasteiger partial charge in [0.1, 0.15) is 37.1 Å². The zero-order chi connectivity index (χ0) is 50.7. The number of rotatable bonds is 48. The van der Waals surface area contributed by atoms with Crippen LogP contribution in [0.3, 0.4) is 0 Å². The summed E-state index contributed by atoms with van der Waals surface area (Å²) in [5, 5.41) is 57.5. The van der Waals surface area contributed by atoms with E-state index in [4.69, 9.17) is 14.2 Å². The molecule has 11 heteroatoms. The Labute approximate surface area is 427 Å². The predicted molar refractivity (Wildman–Crippen MR) is 284 cm³/mol. The Hall–Kier alpha value is -2.12. The van der Waals surface area contributed by atoms with Gasteiger partial charge in [0.15, 0.2) is 6.29 Å². The van der Waals surface area contributed by atoms with Crippen LogP contribution in [0.5, 0.6) is 0 Å². The molecule has 1 aliphatic rings. The van der Waals surface area contributed by atoms with E-state index in [2.05, 4.69) is 19.2 Å². The minimum Gasteiger partial charge on any atom is -0.463 e. The summed E-state index contributed by atoms with van der Waals surface area (Å²) < 4.78 is 17.1. The van der Waals surface area contributed by atoms with E-state index in [1.54, 1.807) is 0 Å². The van der Waals surface area contributed by atoms with Gasteiger partial charge in [-0.2, -0.15) is 0 Å². The van der Waals surface area contributed by atoms with Gasteiger partial charge in [-0.3, -0.25) is 9.59 Å². The number of nitrogens with one attached hydrogen (secondary N) is 1. The monoisotopic (exact) mass is 990 g/mol. The third kappa shape index (κ3) is 32.8. The highest BCUT2D eigenvalue weighted by atomic mass is 16.7. The van der Waals surface area contributed by atoms with Crippen LogP contribution in [0.4, 0.5) is 0 Å². The van der Waals surface area contributed by atoms with Gasteiger partial charge in [0.25, 0.3) is 0 Å². The topological polar surface area (TPSA) is 175 Å². The number of carbonyl (C=O) groups is 2. The van der Waals surface area contributed by atoms with Gasteiger partial charge in [-0.15, -0.1) is 0 Å². The van der Waals surface area contributed by atoms with Crippen molar-refractivity contribution in [1.29, 1.82) is 0 Å². The van der Waals surface area contributed by atoms with E-state index in [0.29, 0.717) is 19.3 Å². The molecule has 0 spiro atoms. The van der Waals surface area contributed by atoms with Gasteiger partial charge in [-0.25, -0.2) is 0 Å². The van der Waals surface area contributed by atoms with E-state index in [0.717, 1.165) is 50.5 Å². The second kappa shape index (κ2) is 44.4. The maximum absolute atomic E-state index is 13.3. The first-order valence-electron chi connectivity index (χ1n) is 29.3. The van der Waals surface area contributed by atoms with Gasteiger partial charge in [-0.1, -0.05) is 262 Å².